The monoisotopic (exact) mass is 481 g/mol. The number of fused-ring (bicyclic) bond motifs is 1. The molecular weight excluding hydrogens is 450 g/mol. The van der Waals surface area contributed by atoms with E-state index in [-0.39, 0.29) is 36.6 Å². The number of imidazole rings is 1. The van der Waals surface area contributed by atoms with E-state index in [9.17, 15) is 19.2 Å². The topological polar surface area (TPSA) is 119 Å². The Hall–Kier alpha value is -3.69. The van der Waals surface area contributed by atoms with Crippen LogP contribution in [0.2, 0.25) is 0 Å². The Morgan fingerprint density at radius 2 is 1.94 bits per heavy atom. The molecule has 1 amide bonds. The van der Waals surface area contributed by atoms with Gasteiger partial charge in [0.15, 0.2) is 11.2 Å². The summed E-state index contributed by atoms with van der Waals surface area (Å²) in [7, 11) is 0. The molecule has 1 aliphatic rings. The quantitative estimate of drug-likeness (QED) is 0.492. The Balaban J connectivity index is 1.65. The van der Waals surface area contributed by atoms with E-state index in [4.69, 9.17) is 4.74 Å². The van der Waals surface area contributed by atoms with E-state index in [1.807, 2.05) is 37.3 Å². The smallest absolute Gasteiger partial charge is 0.330 e. The van der Waals surface area contributed by atoms with Crippen LogP contribution in [-0.2, 0) is 34.0 Å². The van der Waals surface area contributed by atoms with E-state index < -0.39 is 11.2 Å². The number of benzene rings is 1. The predicted molar refractivity (Wildman–Crippen MR) is 130 cm³/mol. The zero-order chi connectivity index (χ0) is 24.9. The third kappa shape index (κ3) is 5.36. The number of carbonyl (C=O) groups excluding carboxylic acids is 2. The number of hydrogen-bond acceptors (Lipinski definition) is 6. The molecule has 1 saturated heterocycles. The fourth-order valence-corrected chi connectivity index (χ4v) is 4.51. The molecule has 0 aliphatic carbocycles. The number of aryl methyl sites for hydroxylation is 1. The lowest BCUT2D eigenvalue weighted by atomic mass is 9.98. The van der Waals surface area contributed by atoms with E-state index in [0.29, 0.717) is 37.4 Å². The SMILES string of the molecule is CCCCn1c(COC(=O)[C@H]2CCCN(C(C)=O)C2)nc2c1c(=O)[nH]c(=O)n2Cc1ccccc1. The van der Waals surface area contributed by atoms with Gasteiger partial charge in [-0.3, -0.25) is 23.9 Å². The average molecular weight is 482 g/mol. The van der Waals surface area contributed by atoms with Gasteiger partial charge in [0.05, 0.1) is 12.5 Å². The zero-order valence-electron chi connectivity index (χ0n) is 20.2. The van der Waals surface area contributed by atoms with Crippen LogP contribution in [0.4, 0.5) is 0 Å². The van der Waals surface area contributed by atoms with E-state index >= 15 is 0 Å². The number of amides is 1. The van der Waals surface area contributed by atoms with Crippen LogP contribution in [0.15, 0.2) is 39.9 Å². The highest BCUT2D eigenvalue weighted by molar-refractivity contribution is 5.77. The first-order valence-corrected chi connectivity index (χ1v) is 12.1. The van der Waals surface area contributed by atoms with Crippen molar-refractivity contribution in [2.75, 3.05) is 13.1 Å². The molecule has 1 aliphatic heterocycles. The lowest BCUT2D eigenvalue weighted by molar-refractivity contribution is -0.153. The van der Waals surface area contributed by atoms with Crippen molar-refractivity contribution in [2.24, 2.45) is 5.92 Å². The van der Waals surface area contributed by atoms with Crippen molar-refractivity contribution in [2.45, 2.75) is 59.2 Å². The fourth-order valence-electron chi connectivity index (χ4n) is 4.51. The molecule has 3 aromatic rings. The van der Waals surface area contributed by atoms with Gasteiger partial charge in [-0.25, -0.2) is 9.78 Å². The number of esters is 1. The normalized spacial score (nSPS) is 15.9. The molecule has 1 aromatic carbocycles. The van der Waals surface area contributed by atoms with Gasteiger partial charge in [-0.2, -0.15) is 0 Å². The van der Waals surface area contributed by atoms with Gasteiger partial charge < -0.3 is 14.2 Å². The van der Waals surface area contributed by atoms with Crippen molar-refractivity contribution in [1.82, 2.24) is 24.0 Å². The maximum atomic E-state index is 12.8. The Kier molecular flexibility index (Phi) is 7.48. The number of aromatic nitrogens is 4. The molecule has 10 heteroatoms. The number of H-pyrrole nitrogens is 1. The van der Waals surface area contributed by atoms with Crippen LogP contribution in [0.1, 0.15) is 50.9 Å². The molecule has 4 rings (SSSR count). The molecule has 1 fully saturated rings. The van der Waals surface area contributed by atoms with Crippen LogP contribution in [-0.4, -0.2) is 49.0 Å². The number of hydrogen-bond donors (Lipinski definition) is 1. The van der Waals surface area contributed by atoms with Crippen molar-refractivity contribution in [3.05, 3.63) is 62.6 Å². The Morgan fingerprint density at radius 3 is 2.66 bits per heavy atom. The number of aromatic amines is 1. The van der Waals surface area contributed by atoms with Gasteiger partial charge in [0.25, 0.3) is 5.56 Å². The molecule has 0 radical (unpaired) electrons. The molecule has 1 N–H and O–H groups in total. The number of rotatable bonds is 8. The van der Waals surface area contributed by atoms with Gasteiger partial charge >= 0.3 is 11.7 Å². The first kappa shape index (κ1) is 24.4. The van der Waals surface area contributed by atoms with Gasteiger partial charge in [-0.15, -0.1) is 0 Å². The second-order valence-electron chi connectivity index (χ2n) is 8.95. The molecule has 1 atom stereocenters. The number of piperidine rings is 1. The summed E-state index contributed by atoms with van der Waals surface area (Å²) in [4.78, 5) is 58.7. The maximum absolute atomic E-state index is 12.8. The second kappa shape index (κ2) is 10.7. The van der Waals surface area contributed by atoms with Crippen LogP contribution in [0, 0.1) is 5.92 Å². The van der Waals surface area contributed by atoms with E-state index in [2.05, 4.69) is 9.97 Å². The summed E-state index contributed by atoms with van der Waals surface area (Å²) in [5, 5.41) is 0. The summed E-state index contributed by atoms with van der Waals surface area (Å²) in [5.41, 5.74) is 0.401. The fraction of sp³-hybridized carbons (Fsp3) is 0.480. The van der Waals surface area contributed by atoms with Gasteiger partial charge in [-0.05, 0) is 24.8 Å². The minimum absolute atomic E-state index is 0.0560. The van der Waals surface area contributed by atoms with Crippen LogP contribution in [0.25, 0.3) is 11.2 Å². The molecule has 2 aromatic heterocycles. The molecule has 35 heavy (non-hydrogen) atoms. The number of nitrogens with one attached hydrogen (secondary N) is 1. The summed E-state index contributed by atoms with van der Waals surface area (Å²) in [5.74, 6) is -0.417. The zero-order valence-corrected chi connectivity index (χ0v) is 20.2. The molecule has 3 heterocycles. The molecular formula is C25H31N5O5. The number of ether oxygens (including phenoxy) is 1. The minimum Gasteiger partial charge on any atom is -0.457 e. The minimum atomic E-state index is -0.540. The summed E-state index contributed by atoms with van der Waals surface area (Å²) < 4.78 is 8.80. The van der Waals surface area contributed by atoms with E-state index in [0.717, 1.165) is 24.8 Å². The van der Waals surface area contributed by atoms with E-state index in [1.165, 1.54) is 11.5 Å². The van der Waals surface area contributed by atoms with Crippen LogP contribution in [0.3, 0.4) is 0 Å². The molecule has 10 nitrogen and oxygen atoms in total. The van der Waals surface area contributed by atoms with Crippen LogP contribution < -0.4 is 11.2 Å². The second-order valence-corrected chi connectivity index (χ2v) is 8.95. The largest absolute Gasteiger partial charge is 0.457 e. The molecule has 0 spiro atoms. The molecule has 0 saturated carbocycles. The Bertz CT molecular complexity index is 1320. The highest BCUT2D eigenvalue weighted by atomic mass is 16.5. The van der Waals surface area contributed by atoms with Crippen molar-refractivity contribution < 1.29 is 14.3 Å². The molecule has 186 valence electrons. The lowest BCUT2D eigenvalue weighted by Gasteiger charge is -2.30. The Labute approximate surface area is 202 Å². The van der Waals surface area contributed by atoms with Gasteiger partial charge in [0.2, 0.25) is 5.91 Å². The summed E-state index contributed by atoms with van der Waals surface area (Å²) >= 11 is 0. The number of nitrogens with zero attached hydrogens (tertiary/aromatic N) is 4. The molecule has 0 bridgehead atoms. The number of unbranched alkanes of at least 4 members (excludes halogenated alkanes) is 1. The number of carbonyl (C=O) groups is 2. The average Bonchev–Trinajstić information content (AvgIpc) is 3.23. The number of likely N-dealkylation sites (tertiary alicyclic amines) is 1. The lowest BCUT2D eigenvalue weighted by Crippen LogP contribution is -2.41. The third-order valence-corrected chi connectivity index (χ3v) is 6.43. The van der Waals surface area contributed by atoms with Crippen molar-refractivity contribution in [3.8, 4) is 0 Å². The first-order chi connectivity index (χ1) is 16.9. The van der Waals surface area contributed by atoms with Crippen LogP contribution >= 0.6 is 0 Å². The van der Waals surface area contributed by atoms with Crippen molar-refractivity contribution in [1.29, 1.82) is 0 Å². The maximum Gasteiger partial charge on any atom is 0.330 e. The van der Waals surface area contributed by atoms with Gasteiger partial charge in [-0.1, -0.05) is 43.7 Å². The van der Waals surface area contributed by atoms with Crippen LogP contribution in [0.5, 0.6) is 0 Å². The summed E-state index contributed by atoms with van der Waals surface area (Å²) in [6.07, 6.45) is 3.09. The summed E-state index contributed by atoms with van der Waals surface area (Å²) in [6, 6.07) is 9.45. The standard InChI is InChI=1S/C25H31N5O5/c1-3-4-13-29-20(16-35-24(33)19-11-8-12-28(15-19)17(2)31)26-22-21(29)23(32)27-25(34)30(22)14-18-9-6-5-7-10-18/h5-7,9-10,19H,3-4,8,11-16H2,1-2H3,(H,27,32,34)/t19-/m0/s1. The van der Waals surface area contributed by atoms with E-state index in [1.54, 1.807) is 9.47 Å². The van der Waals surface area contributed by atoms with Crippen molar-refractivity contribution >= 4 is 23.0 Å². The molecule has 0 unspecified atom stereocenters. The highest BCUT2D eigenvalue weighted by Gasteiger charge is 2.29. The highest BCUT2D eigenvalue weighted by Crippen LogP contribution is 2.20. The predicted octanol–water partition coefficient (Wildman–Crippen LogP) is 2.04. The third-order valence-electron chi connectivity index (χ3n) is 6.43. The Morgan fingerprint density at radius 1 is 1.17 bits per heavy atom. The van der Waals surface area contributed by atoms with Gasteiger partial charge in [0.1, 0.15) is 12.4 Å². The van der Waals surface area contributed by atoms with Crippen molar-refractivity contribution in [3.63, 3.8) is 0 Å². The summed E-state index contributed by atoms with van der Waals surface area (Å²) in [6.45, 7) is 5.17. The first-order valence-electron chi connectivity index (χ1n) is 12.1. The van der Waals surface area contributed by atoms with Gasteiger partial charge in [0, 0.05) is 26.6 Å².